The van der Waals surface area contributed by atoms with Gasteiger partial charge in [0.25, 0.3) is 0 Å². The summed E-state index contributed by atoms with van der Waals surface area (Å²) in [6.45, 7) is 8.69. The SMILES string of the molecule is CCC(C)C(C(CC=O)OC)N(C)C(=O)CNC(=O)C(C(C)C)N(C)CCc1ccc(OC)cc1. The summed E-state index contributed by atoms with van der Waals surface area (Å²) in [6, 6.07) is 7.29. The van der Waals surface area contributed by atoms with Crippen molar-refractivity contribution < 1.29 is 23.9 Å². The molecule has 0 spiro atoms. The van der Waals surface area contributed by atoms with E-state index in [-0.39, 0.29) is 54.8 Å². The lowest BCUT2D eigenvalue weighted by molar-refractivity contribution is -0.139. The van der Waals surface area contributed by atoms with Gasteiger partial charge in [-0.3, -0.25) is 14.5 Å². The number of carbonyl (C=O) groups excluding carboxylic acids is 3. The van der Waals surface area contributed by atoms with Crippen LogP contribution in [0.1, 0.15) is 46.1 Å². The van der Waals surface area contributed by atoms with Crippen molar-refractivity contribution in [3.8, 4) is 5.75 Å². The van der Waals surface area contributed by atoms with Gasteiger partial charge in [0.2, 0.25) is 11.8 Å². The zero-order chi connectivity index (χ0) is 26.5. The summed E-state index contributed by atoms with van der Waals surface area (Å²) in [5.41, 5.74) is 1.16. The van der Waals surface area contributed by atoms with Gasteiger partial charge in [0.15, 0.2) is 0 Å². The van der Waals surface area contributed by atoms with Crippen LogP contribution in [0.2, 0.25) is 0 Å². The Hall–Kier alpha value is -2.45. The summed E-state index contributed by atoms with van der Waals surface area (Å²) >= 11 is 0. The van der Waals surface area contributed by atoms with Crippen LogP contribution < -0.4 is 10.1 Å². The van der Waals surface area contributed by atoms with Gasteiger partial charge in [-0.15, -0.1) is 0 Å². The molecule has 0 saturated heterocycles. The fraction of sp³-hybridized carbons (Fsp3) is 0.667. The molecule has 0 aliphatic heterocycles. The maximum atomic E-state index is 13.1. The number of carbonyl (C=O) groups is 3. The molecular weight excluding hydrogens is 446 g/mol. The normalized spacial score (nSPS) is 14.8. The largest absolute Gasteiger partial charge is 0.497 e. The maximum absolute atomic E-state index is 13.1. The Bertz CT molecular complexity index is 784. The van der Waals surface area contributed by atoms with Gasteiger partial charge < -0.3 is 24.5 Å². The van der Waals surface area contributed by atoms with Crippen LogP contribution >= 0.6 is 0 Å². The third-order valence-electron chi connectivity index (χ3n) is 6.78. The third-order valence-corrected chi connectivity index (χ3v) is 6.78. The minimum absolute atomic E-state index is 0.0713. The number of amides is 2. The lowest BCUT2D eigenvalue weighted by Crippen LogP contribution is -2.54. The Balaban J connectivity index is 2.78. The summed E-state index contributed by atoms with van der Waals surface area (Å²) in [6.07, 6.45) is 2.27. The minimum Gasteiger partial charge on any atom is -0.497 e. The van der Waals surface area contributed by atoms with Crippen molar-refractivity contribution in [2.24, 2.45) is 11.8 Å². The Kier molecular flexibility index (Phi) is 13.6. The highest BCUT2D eigenvalue weighted by atomic mass is 16.5. The van der Waals surface area contributed by atoms with Crippen molar-refractivity contribution in [2.75, 3.05) is 41.4 Å². The highest BCUT2D eigenvalue weighted by molar-refractivity contribution is 5.87. The minimum atomic E-state index is -0.389. The molecule has 0 fully saturated rings. The summed E-state index contributed by atoms with van der Waals surface area (Å²) in [5, 5.41) is 2.84. The number of likely N-dealkylation sites (N-methyl/N-ethyl adjacent to an activating group) is 2. The average Bonchev–Trinajstić information content (AvgIpc) is 2.85. The number of nitrogens with one attached hydrogen (secondary N) is 1. The van der Waals surface area contributed by atoms with Gasteiger partial charge in [-0.2, -0.15) is 0 Å². The lowest BCUT2D eigenvalue weighted by atomic mass is 9.91. The maximum Gasteiger partial charge on any atom is 0.242 e. The summed E-state index contributed by atoms with van der Waals surface area (Å²) in [4.78, 5) is 40.9. The predicted molar refractivity (Wildman–Crippen MR) is 138 cm³/mol. The molecule has 1 aromatic carbocycles. The van der Waals surface area contributed by atoms with Crippen molar-refractivity contribution in [3.05, 3.63) is 29.8 Å². The predicted octanol–water partition coefficient (Wildman–Crippen LogP) is 2.79. The first kappa shape index (κ1) is 30.6. The third kappa shape index (κ3) is 9.26. The molecule has 0 aliphatic rings. The van der Waals surface area contributed by atoms with Crippen LogP contribution in [-0.4, -0.2) is 87.5 Å². The van der Waals surface area contributed by atoms with E-state index in [2.05, 4.69) is 5.32 Å². The second-order valence-corrected chi connectivity index (χ2v) is 9.54. The van der Waals surface area contributed by atoms with Crippen molar-refractivity contribution in [2.45, 2.75) is 65.1 Å². The van der Waals surface area contributed by atoms with E-state index in [0.717, 1.165) is 30.4 Å². The molecule has 0 aliphatic carbocycles. The molecule has 4 atom stereocenters. The Morgan fingerprint density at radius 2 is 1.71 bits per heavy atom. The average molecular weight is 492 g/mol. The van der Waals surface area contributed by atoms with Crippen LogP contribution in [0.4, 0.5) is 0 Å². The number of aldehydes is 1. The van der Waals surface area contributed by atoms with Crippen molar-refractivity contribution >= 4 is 18.1 Å². The highest BCUT2D eigenvalue weighted by Gasteiger charge is 2.33. The van der Waals surface area contributed by atoms with Gasteiger partial charge in [0, 0.05) is 27.1 Å². The number of benzene rings is 1. The number of nitrogens with zero attached hydrogens (tertiary/aromatic N) is 2. The quantitative estimate of drug-likeness (QED) is 0.358. The zero-order valence-electron chi connectivity index (χ0n) is 22.7. The van der Waals surface area contributed by atoms with Gasteiger partial charge in [-0.1, -0.05) is 46.2 Å². The fourth-order valence-electron chi connectivity index (χ4n) is 4.52. The second-order valence-electron chi connectivity index (χ2n) is 9.54. The second kappa shape index (κ2) is 15.5. The molecule has 0 bridgehead atoms. The van der Waals surface area contributed by atoms with Crippen LogP contribution in [0.3, 0.4) is 0 Å². The first-order valence-electron chi connectivity index (χ1n) is 12.4. The first-order valence-corrected chi connectivity index (χ1v) is 12.4. The summed E-state index contributed by atoms with van der Waals surface area (Å²) in [5.74, 6) is 0.643. The van der Waals surface area contributed by atoms with Gasteiger partial charge in [0.1, 0.15) is 12.0 Å². The smallest absolute Gasteiger partial charge is 0.242 e. The van der Waals surface area contributed by atoms with E-state index in [1.807, 2.05) is 63.9 Å². The highest BCUT2D eigenvalue weighted by Crippen LogP contribution is 2.21. The molecule has 1 N–H and O–H groups in total. The lowest BCUT2D eigenvalue weighted by Gasteiger charge is -2.37. The van der Waals surface area contributed by atoms with Gasteiger partial charge in [0.05, 0.1) is 31.8 Å². The molecule has 4 unspecified atom stereocenters. The Labute approximate surface area is 211 Å². The molecule has 8 nitrogen and oxygen atoms in total. The molecular formula is C27H45N3O5. The van der Waals surface area contributed by atoms with Gasteiger partial charge >= 0.3 is 0 Å². The standard InChI is InChI=1S/C27H45N3O5/c1-9-20(4)26(23(35-8)15-17-31)30(6)24(32)18-28-27(33)25(19(2)3)29(5)16-14-21-10-12-22(34-7)13-11-21/h10-13,17,19-20,23,25-26H,9,14-16,18H2,1-8H3,(H,28,33). The van der Waals surface area contributed by atoms with Crippen LogP contribution in [0.5, 0.6) is 5.75 Å². The molecule has 2 amide bonds. The van der Waals surface area contributed by atoms with Crippen LogP contribution in [-0.2, 0) is 25.5 Å². The van der Waals surface area contributed by atoms with E-state index in [1.165, 1.54) is 0 Å². The van der Waals surface area contributed by atoms with E-state index in [1.54, 1.807) is 26.2 Å². The van der Waals surface area contributed by atoms with E-state index in [9.17, 15) is 14.4 Å². The van der Waals surface area contributed by atoms with E-state index >= 15 is 0 Å². The molecule has 1 rings (SSSR count). The van der Waals surface area contributed by atoms with Crippen molar-refractivity contribution in [3.63, 3.8) is 0 Å². The molecule has 0 saturated carbocycles. The molecule has 1 aromatic rings. The molecule has 35 heavy (non-hydrogen) atoms. The number of ether oxygens (including phenoxy) is 2. The zero-order valence-corrected chi connectivity index (χ0v) is 22.7. The number of methoxy groups -OCH3 is 2. The van der Waals surface area contributed by atoms with Crippen molar-refractivity contribution in [1.82, 2.24) is 15.1 Å². The Morgan fingerprint density at radius 1 is 1.09 bits per heavy atom. The first-order chi connectivity index (χ1) is 16.6. The Morgan fingerprint density at radius 3 is 2.20 bits per heavy atom. The van der Waals surface area contributed by atoms with Crippen LogP contribution in [0, 0.1) is 11.8 Å². The molecule has 0 aromatic heterocycles. The summed E-state index contributed by atoms with van der Waals surface area (Å²) in [7, 11) is 6.84. The fourth-order valence-corrected chi connectivity index (χ4v) is 4.52. The molecule has 8 heteroatoms. The van der Waals surface area contributed by atoms with Gasteiger partial charge in [-0.05, 0) is 43.0 Å². The van der Waals surface area contributed by atoms with E-state index in [0.29, 0.717) is 6.54 Å². The van der Waals surface area contributed by atoms with Gasteiger partial charge in [-0.25, -0.2) is 0 Å². The molecule has 0 radical (unpaired) electrons. The number of hydrogen-bond donors (Lipinski definition) is 1. The van der Waals surface area contributed by atoms with Crippen LogP contribution in [0.25, 0.3) is 0 Å². The molecule has 0 heterocycles. The van der Waals surface area contributed by atoms with Crippen LogP contribution in [0.15, 0.2) is 24.3 Å². The topological polar surface area (TPSA) is 88.2 Å². The monoisotopic (exact) mass is 491 g/mol. The van der Waals surface area contributed by atoms with Crippen molar-refractivity contribution in [1.29, 1.82) is 0 Å². The van der Waals surface area contributed by atoms with E-state index < -0.39 is 0 Å². The number of rotatable bonds is 16. The number of hydrogen-bond acceptors (Lipinski definition) is 6. The summed E-state index contributed by atoms with van der Waals surface area (Å²) < 4.78 is 10.7. The molecule has 198 valence electrons. The van der Waals surface area contributed by atoms with E-state index in [4.69, 9.17) is 9.47 Å².